The number of alkyl halides is 3. The van der Waals surface area contributed by atoms with Crippen molar-refractivity contribution in [3.63, 3.8) is 0 Å². The number of hydrogen-bond acceptors (Lipinski definition) is 5. The normalized spacial score (nSPS) is 18.6. The molecular weight excluding hydrogens is 363 g/mol. The van der Waals surface area contributed by atoms with Crippen molar-refractivity contribution in [2.45, 2.75) is 43.7 Å². The van der Waals surface area contributed by atoms with E-state index in [1.165, 1.54) is 19.1 Å². The summed E-state index contributed by atoms with van der Waals surface area (Å²) in [6.45, 7) is 1.27. The van der Waals surface area contributed by atoms with Crippen molar-refractivity contribution in [2.75, 3.05) is 6.61 Å². The number of phenols is 1. The zero-order chi connectivity index (χ0) is 18.8. The first-order chi connectivity index (χ1) is 11.6. The summed E-state index contributed by atoms with van der Waals surface area (Å²) in [4.78, 5) is 11.4. The van der Waals surface area contributed by atoms with Crippen molar-refractivity contribution in [3.8, 4) is 5.75 Å². The third-order valence-electron chi connectivity index (χ3n) is 3.95. The summed E-state index contributed by atoms with van der Waals surface area (Å²) in [6, 6.07) is 3.57. The van der Waals surface area contributed by atoms with Crippen molar-refractivity contribution >= 4 is 16.0 Å². The van der Waals surface area contributed by atoms with Gasteiger partial charge in [-0.1, -0.05) is 12.1 Å². The van der Waals surface area contributed by atoms with Gasteiger partial charge in [0.1, 0.15) is 5.75 Å². The second kappa shape index (κ2) is 7.20. The lowest BCUT2D eigenvalue weighted by Crippen LogP contribution is -2.46. The van der Waals surface area contributed by atoms with Crippen LogP contribution in [0.25, 0.3) is 0 Å². The number of fused-ring (bicyclic) bond motifs is 1. The first-order valence-electron chi connectivity index (χ1n) is 7.60. The lowest BCUT2D eigenvalue weighted by atomic mass is 10.1. The number of nitrogens with one attached hydrogen (secondary N) is 1. The number of ether oxygens (including phenoxy) is 1. The molecule has 1 aromatic rings. The maximum absolute atomic E-state index is 13.2. The van der Waals surface area contributed by atoms with Crippen molar-refractivity contribution in [1.82, 2.24) is 4.72 Å². The molecule has 0 saturated heterocycles. The molecule has 2 rings (SSSR count). The fourth-order valence-electron chi connectivity index (χ4n) is 2.81. The number of aromatic hydroxyl groups is 1. The highest BCUT2D eigenvalue weighted by Crippen LogP contribution is 2.38. The standard InChI is InChI=1S/C15H18F3NO5S/c1-2-24-14(21)8-13(15(16,17)18)25(22,23)19-11-7-6-10-9(11)4-3-5-12(10)20/h3-5,11,13,19-20H,2,6-8H2,1H3. The minimum atomic E-state index is -5.13. The van der Waals surface area contributed by atoms with E-state index < -0.39 is 39.9 Å². The molecule has 1 aromatic carbocycles. The highest BCUT2D eigenvalue weighted by atomic mass is 32.2. The molecule has 0 spiro atoms. The van der Waals surface area contributed by atoms with E-state index in [0.29, 0.717) is 17.5 Å². The first-order valence-corrected chi connectivity index (χ1v) is 9.15. The van der Waals surface area contributed by atoms with Gasteiger partial charge in [0, 0.05) is 6.04 Å². The number of carbonyl (C=O) groups excluding carboxylic acids is 1. The molecule has 0 amide bonds. The van der Waals surface area contributed by atoms with Crippen LogP contribution in [0.5, 0.6) is 5.75 Å². The first kappa shape index (κ1) is 19.5. The number of esters is 1. The quantitative estimate of drug-likeness (QED) is 0.737. The fourth-order valence-corrected chi connectivity index (χ4v) is 4.32. The predicted molar refractivity (Wildman–Crippen MR) is 82.3 cm³/mol. The molecular formula is C15H18F3NO5S. The van der Waals surface area contributed by atoms with Gasteiger partial charge in [-0.2, -0.15) is 13.2 Å². The van der Waals surface area contributed by atoms with Crippen LogP contribution in [0, 0.1) is 0 Å². The van der Waals surface area contributed by atoms with Gasteiger partial charge < -0.3 is 9.84 Å². The number of phenolic OH excluding ortho intramolecular Hbond substituents is 1. The highest BCUT2D eigenvalue weighted by Gasteiger charge is 2.51. The van der Waals surface area contributed by atoms with Gasteiger partial charge in [-0.3, -0.25) is 4.79 Å². The Morgan fingerprint density at radius 1 is 1.44 bits per heavy atom. The molecule has 140 valence electrons. The topological polar surface area (TPSA) is 92.7 Å². The predicted octanol–water partition coefficient (Wildman–Crippen LogP) is 2.18. The van der Waals surface area contributed by atoms with E-state index in [2.05, 4.69) is 4.74 Å². The van der Waals surface area contributed by atoms with E-state index in [9.17, 15) is 31.5 Å². The van der Waals surface area contributed by atoms with E-state index in [-0.39, 0.29) is 18.8 Å². The summed E-state index contributed by atoms with van der Waals surface area (Å²) in [5.74, 6) is -1.27. The summed E-state index contributed by atoms with van der Waals surface area (Å²) in [5, 5.41) is 6.84. The van der Waals surface area contributed by atoms with Crippen LogP contribution in [0.1, 0.15) is 36.9 Å². The Morgan fingerprint density at radius 2 is 2.12 bits per heavy atom. The summed E-state index contributed by atoms with van der Waals surface area (Å²) in [5.41, 5.74) is 0.935. The van der Waals surface area contributed by atoms with Crippen LogP contribution in [0.3, 0.4) is 0 Å². The molecule has 2 N–H and O–H groups in total. The Morgan fingerprint density at radius 3 is 2.72 bits per heavy atom. The largest absolute Gasteiger partial charge is 0.508 e. The number of carbonyl (C=O) groups is 1. The molecule has 0 heterocycles. The number of hydrogen-bond donors (Lipinski definition) is 2. The number of rotatable bonds is 6. The van der Waals surface area contributed by atoms with Crippen molar-refractivity contribution < 1.29 is 36.2 Å². The number of benzene rings is 1. The molecule has 2 unspecified atom stereocenters. The SMILES string of the molecule is CCOC(=O)CC(C(F)(F)F)S(=O)(=O)NC1CCc2c(O)cccc21. The monoisotopic (exact) mass is 381 g/mol. The third-order valence-corrected chi connectivity index (χ3v) is 5.75. The summed E-state index contributed by atoms with van der Waals surface area (Å²) >= 11 is 0. The molecule has 0 aliphatic heterocycles. The second-order valence-electron chi connectivity index (χ2n) is 5.64. The summed E-state index contributed by atoms with van der Waals surface area (Å²) < 4.78 is 70.5. The molecule has 0 aromatic heterocycles. The van der Waals surface area contributed by atoms with Gasteiger partial charge in [0.25, 0.3) is 0 Å². The zero-order valence-corrected chi connectivity index (χ0v) is 14.2. The summed E-state index contributed by atoms with van der Waals surface area (Å²) in [7, 11) is -4.89. The van der Waals surface area contributed by atoms with Gasteiger partial charge in [0.05, 0.1) is 13.0 Å². The highest BCUT2D eigenvalue weighted by molar-refractivity contribution is 7.90. The molecule has 2 atom stereocenters. The Balaban J connectivity index is 2.24. The molecule has 1 aliphatic carbocycles. The smallest absolute Gasteiger partial charge is 0.407 e. The third kappa shape index (κ3) is 4.43. The van der Waals surface area contributed by atoms with Crippen LogP contribution in [0.4, 0.5) is 13.2 Å². The maximum Gasteiger partial charge on any atom is 0.407 e. The zero-order valence-electron chi connectivity index (χ0n) is 13.3. The van der Waals surface area contributed by atoms with Gasteiger partial charge in [-0.05, 0) is 37.0 Å². The van der Waals surface area contributed by atoms with Crippen LogP contribution >= 0.6 is 0 Å². The van der Waals surface area contributed by atoms with Gasteiger partial charge in [-0.25, -0.2) is 13.1 Å². The molecule has 1 aliphatic rings. The van der Waals surface area contributed by atoms with E-state index in [1.807, 2.05) is 4.72 Å². The Kier molecular flexibility index (Phi) is 5.62. The second-order valence-corrected chi connectivity index (χ2v) is 7.53. The summed E-state index contributed by atoms with van der Waals surface area (Å²) in [6.07, 6.45) is -5.88. The number of halogens is 3. The van der Waals surface area contributed by atoms with Crippen LogP contribution in [-0.2, 0) is 26.0 Å². The number of sulfonamides is 1. The minimum Gasteiger partial charge on any atom is -0.508 e. The molecule has 25 heavy (non-hydrogen) atoms. The Bertz CT molecular complexity index is 748. The van der Waals surface area contributed by atoms with Gasteiger partial charge in [-0.15, -0.1) is 0 Å². The van der Waals surface area contributed by atoms with Crippen LogP contribution in [0.15, 0.2) is 18.2 Å². The van der Waals surface area contributed by atoms with Crippen LogP contribution < -0.4 is 4.72 Å². The average Bonchev–Trinajstić information content (AvgIpc) is 2.88. The molecule has 0 saturated carbocycles. The molecule has 0 radical (unpaired) electrons. The molecule has 0 fully saturated rings. The maximum atomic E-state index is 13.2. The van der Waals surface area contributed by atoms with Crippen molar-refractivity contribution in [3.05, 3.63) is 29.3 Å². The van der Waals surface area contributed by atoms with Crippen molar-refractivity contribution in [2.24, 2.45) is 0 Å². The van der Waals surface area contributed by atoms with Gasteiger partial charge in [0.15, 0.2) is 5.25 Å². The van der Waals surface area contributed by atoms with E-state index in [4.69, 9.17) is 0 Å². The molecule has 10 heteroatoms. The van der Waals surface area contributed by atoms with Crippen LogP contribution in [-0.4, -0.2) is 37.5 Å². The van der Waals surface area contributed by atoms with Gasteiger partial charge >= 0.3 is 12.1 Å². The van der Waals surface area contributed by atoms with E-state index >= 15 is 0 Å². The molecule has 0 bridgehead atoms. The average molecular weight is 381 g/mol. The lowest BCUT2D eigenvalue weighted by molar-refractivity contribution is -0.155. The Hall–Kier alpha value is -1.81. The lowest BCUT2D eigenvalue weighted by Gasteiger charge is -2.23. The fraction of sp³-hybridized carbons (Fsp3) is 0.533. The van der Waals surface area contributed by atoms with Crippen molar-refractivity contribution in [1.29, 1.82) is 0 Å². The molecule has 6 nitrogen and oxygen atoms in total. The van der Waals surface area contributed by atoms with Gasteiger partial charge in [0.2, 0.25) is 10.0 Å². The minimum absolute atomic E-state index is 0.0295. The van der Waals surface area contributed by atoms with E-state index in [0.717, 1.165) is 0 Å². The van der Waals surface area contributed by atoms with Crippen LogP contribution in [0.2, 0.25) is 0 Å². The Labute approximate surface area is 143 Å². The van der Waals surface area contributed by atoms with E-state index in [1.54, 1.807) is 6.07 Å².